The van der Waals surface area contributed by atoms with Gasteiger partial charge >= 0.3 is 10.1 Å². The van der Waals surface area contributed by atoms with Crippen molar-refractivity contribution in [2.24, 2.45) is 0 Å². The van der Waals surface area contributed by atoms with Crippen LogP contribution in [-0.4, -0.2) is 22.1 Å². The molecule has 0 amide bonds. The molecule has 2 aromatic rings. The standard InChI is InChI=1S/C17H17NO5S/c1-12-3-6-14(7-4-12)24(19,20)23-18-16-9-10-22-17-8-5-13(21-2)11-15(16)17/h3-9,11,18H,10H2,1-2H3. The summed E-state index contributed by atoms with van der Waals surface area (Å²) in [6, 6.07) is 11.7. The molecule has 0 saturated heterocycles. The quantitative estimate of drug-likeness (QED) is 0.838. The molecule has 0 aliphatic carbocycles. The van der Waals surface area contributed by atoms with Crippen molar-refractivity contribution >= 4 is 15.8 Å². The lowest BCUT2D eigenvalue weighted by molar-refractivity contribution is 0.254. The Kier molecular flexibility index (Phi) is 4.46. The molecule has 0 bridgehead atoms. The van der Waals surface area contributed by atoms with Gasteiger partial charge in [0.1, 0.15) is 18.1 Å². The van der Waals surface area contributed by atoms with Gasteiger partial charge in [-0.3, -0.25) is 0 Å². The Morgan fingerprint density at radius 3 is 2.58 bits per heavy atom. The van der Waals surface area contributed by atoms with E-state index in [2.05, 4.69) is 5.48 Å². The fraction of sp³-hybridized carbons (Fsp3) is 0.176. The summed E-state index contributed by atoms with van der Waals surface area (Å²) in [5, 5.41) is 0. The summed E-state index contributed by atoms with van der Waals surface area (Å²) < 4.78 is 40.2. The Hall–Kier alpha value is -2.51. The van der Waals surface area contributed by atoms with Gasteiger partial charge in [-0.05, 0) is 43.3 Å². The van der Waals surface area contributed by atoms with E-state index in [1.807, 2.05) is 6.92 Å². The Labute approximate surface area is 140 Å². The van der Waals surface area contributed by atoms with Gasteiger partial charge in [-0.2, -0.15) is 8.42 Å². The first-order chi connectivity index (χ1) is 11.5. The lowest BCUT2D eigenvalue weighted by Gasteiger charge is -2.20. The van der Waals surface area contributed by atoms with Gasteiger partial charge in [0.15, 0.2) is 0 Å². The van der Waals surface area contributed by atoms with Crippen molar-refractivity contribution in [3.05, 3.63) is 59.7 Å². The second-order valence-electron chi connectivity index (χ2n) is 5.24. The second kappa shape index (κ2) is 6.54. The zero-order valence-corrected chi connectivity index (χ0v) is 14.1. The third-order valence-electron chi connectivity index (χ3n) is 3.57. The van der Waals surface area contributed by atoms with E-state index in [1.165, 1.54) is 12.1 Å². The van der Waals surface area contributed by atoms with E-state index in [4.69, 9.17) is 13.8 Å². The number of methoxy groups -OCH3 is 1. The lowest BCUT2D eigenvalue weighted by Crippen LogP contribution is -2.22. The predicted octanol–water partition coefficient (Wildman–Crippen LogP) is 2.65. The summed E-state index contributed by atoms with van der Waals surface area (Å²) in [5.74, 6) is 1.26. The Bertz CT molecular complexity index is 872. The smallest absolute Gasteiger partial charge is 0.317 e. The van der Waals surface area contributed by atoms with E-state index < -0.39 is 10.1 Å². The average molecular weight is 347 g/mol. The molecule has 1 aliphatic rings. The molecule has 0 fully saturated rings. The van der Waals surface area contributed by atoms with Gasteiger partial charge < -0.3 is 9.47 Å². The number of fused-ring (bicyclic) bond motifs is 1. The van der Waals surface area contributed by atoms with Gasteiger partial charge in [0.25, 0.3) is 0 Å². The van der Waals surface area contributed by atoms with Crippen molar-refractivity contribution in [2.45, 2.75) is 11.8 Å². The predicted molar refractivity (Wildman–Crippen MR) is 89.1 cm³/mol. The molecular weight excluding hydrogens is 330 g/mol. The number of hydroxylamine groups is 1. The van der Waals surface area contributed by atoms with Crippen LogP contribution in [0.3, 0.4) is 0 Å². The number of benzene rings is 2. The van der Waals surface area contributed by atoms with Crippen molar-refractivity contribution in [1.82, 2.24) is 5.48 Å². The van der Waals surface area contributed by atoms with Crippen molar-refractivity contribution in [2.75, 3.05) is 13.7 Å². The van der Waals surface area contributed by atoms with E-state index in [-0.39, 0.29) is 4.90 Å². The second-order valence-corrected chi connectivity index (χ2v) is 6.79. The minimum absolute atomic E-state index is 0.0825. The number of ether oxygens (including phenoxy) is 2. The van der Waals surface area contributed by atoms with Crippen LogP contribution in [0.1, 0.15) is 11.1 Å². The third-order valence-corrected chi connectivity index (χ3v) is 4.73. The van der Waals surface area contributed by atoms with Crippen LogP contribution in [0.25, 0.3) is 5.70 Å². The highest BCUT2D eigenvalue weighted by Gasteiger charge is 2.20. The summed E-state index contributed by atoms with van der Waals surface area (Å²) >= 11 is 0. The van der Waals surface area contributed by atoms with Crippen LogP contribution < -0.4 is 15.0 Å². The fourth-order valence-electron chi connectivity index (χ4n) is 2.25. The van der Waals surface area contributed by atoms with Gasteiger partial charge in [-0.1, -0.05) is 17.7 Å². The summed E-state index contributed by atoms with van der Waals surface area (Å²) in [4.78, 5) is 0.0825. The van der Waals surface area contributed by atoms with Gasteiger partial charge in [-0.15, -0.1) is 4.28 Å². The molecule has 0 aromatic heterocycles. The van der Waals surface area contributed by atoms with Crippen LogP contribution in [-0.2, 0) is 14.4 Å². The zero-order valence-electron chi connectivity index (χ0n) is 13.3. The molecule has 0 atom stereocenters. The minimum Gasteiger partial charge on any atom is -0.497 e. The van der Waals surface area contributed by atoms with Gasteiger partial charge in [0, 0.05) is 5.56 Å². The lowest BCUT2D eigenvalue weighted by atomic mass is 10.1. The van der Waals surface area contributed by atoms with Crippen molar-refractivity contribution in [3.63, 3.8) is 0 Å². The molecule has 1 heterocycles. The Morgan fingerprint density at radius 1 is 1.12 bits per heavy atom. The molecule has 0 saturated carbocycles. The number of hydrogen-bond donors (Lipinski definition) is 1. The molecule has 0 spiro atoms. The van der Waals surface area contributed by atoms with Crippen LogP contribution in [0.2, 0.25) is 0 Å². The molecule has 1 aliphatic heterocycles. The molecule has 24 heavy (non-hydrogen) atoms. The first-order valence-corrected chi connectivity index (χ1v) is 8.68. The molecule has 0 radical (unpaired) electrons. The SMILES string of the molecule is COc1ccc2c(c1)C(NOS(=O)(=O)c1ccc(C)cc1)=CCO2. The van der Waals surface area contributed by atoms with Gasteiger partial charge in [0.2, 0.25) is 0 Å². The third kappa shape index (κ3) is 3.37. The maximum Gasteiger partial charge on any atom is 0.317 e. The molecule has 2 aromatic carbocycles. The number of aryl methyl sites for hydroxylation is 1. The van der Waals surface area contributed by atoms with Crippen molar-refractivity contribution in [1.29, 1.82) is 0 Å². The maximum atomic E-state index is 12.3. The Balaban J connectivity index is 1.80. The summed E-state index contributed by atoms with van der Waals surface area (Å²) in [6.07, 6.45) is 1.70. The van der Waals surface area contributed by atoms with Crippen molar-refractivity contribution in [3.8, 4) is 11.5 Å². The van der Waals surface area contributed by atoms with Crippen molar-refractivity contribution < 1.29 is 22.2 Å². The molecular formula is C17H17NO5S. The first kappa shape index (κ1) is 16.4. The summed E-state index contributed by atoms with van der Waals surface area (Å²) in [6.45, 7) is 2.20. The highest BCUT2D eigenvalue weighted by atomic mass is 32.2. The van der Waals surface area contributed by atoms with Crippen LogP contribution in [0.4, 0.5) is 0 Å². The molecule has 126 valence electrons. The van der Waals surface area contributed by atoms with Gasteiger partial charge in [-0.25, -0.2) is 5.48 Å². The molecule has 3 rings (SSSR count). The van der Waals surface area contributed by atoms with Crippen LogP contribution >= 0.6 is 0 Å². The number of nitrogens with one attached hydrogen (secondary N) is 1. The number of rotatable bonds is 5. The zero-order chi connectivity index (χ0) is 17.2. The van der Waals surface area contributed by atoms with Crippen LogP contribution in [0.15, 0.2) is 53.4 Å². The molecule has 0 unspecified atom stereocenters. The number of hydrogen-bond acceptors (Lipinski definition) is 6. The largest absolute Gasteiger partial charge is 0.497 e. The summed E-state index contributed by atoms with van der Waals surface area (Å²) in [7, 11) is -2.36. The fourth-order valence-corrected chi connectivity index (χ4v) is 3.01. The molecule has 6 nitrogen and oxygen atoms in total. The molecule has 7 heteroatoms. The summed E-state index contributed by atoms with van der Waals surface area (Å²) in [5.41, 5.74) is 4.66. The van der Waals surface area contributed by atoms with E-state index >= 15 is 0 Å². The van der Waals surface area contributed by atoms with Gasteiger partial charge in [0.05, 0.1) is 17.7 Å². The average Bonchev–Trinajstić information content (AvgIpc) is 2.60. The van der Waals surface area contributed by atoms with Crippen LogP contribution in [0.5, 0.6) is 11.5 Å². The normalized spacial score (nSPS) is 13.5. The van der Waals surface area contributed by atoms with E-state index in [1.54, 1.807) is 43.5 Å². The van der Waals surface area contributed by atoms with E-state index in [0.717, 1.165) is 5.56 Å². The first-order valence-electron chi connectivity index (χ1n) is 7.27. The van der Waals surface area contributed by atoms with Crippen LogP contribution in [0, 0.1) is 6.92 Å². The maximum absolute atomic E-state index is 12.3. The topological polar surface area (TPSA) is 73.9 Å². The highest BCUT2D eigenvalue weighted by Crippen LogP contribution is 2.32. The molecule has 1 N–H and O–H groups in total. The Morgan fingerprint density at radius 2 is 1.88 bits per heavy atom. The van der Waals surface area contributed by atoms with E-state index in [9.17, 15) is 8.42 Å². The minimum atomic E-state index is -3.92. The van der Waals surface area contributed by atoms with E-state index in [0.29, 0.717) is 29.4 Å². The highest BCUT2D eigenvalue weighted by molar-refractivity contribution is 7.86. The monoisotopic (exact) mass is 347 g/mol.